The van der Waals surface area contributed by atoms with Gasteiger partial charge < -0.3 is 19.7 Å². The van der Waals surface area contributed by atoms with Crippen LogP contribution >= 0.6 is 0 Å². The highest BCUT2D eigenvalue weighted by atomic mass is 16.5. The number of nitrogens with zero attached hydrogens (tertiary/aromatic N) is 3. The number of nitrogens with one attached hydrogen (secondary N) is 1. The van der Waals surface area contributed by atoms with Gasteiger partial charge in [0.05, 0.1) is 19.3 Å². The molecular formula is C16H26N4O2. The summed E-state index contributed by atoms with van der Waals surface area (Å²) in [6.45, 7) is 5.53. The smallest absolute Gasteiger partial charge is 0.227 e. The summed E-state index contributed by atoms with van der Waals surface area (Å²) < 4.78 is 11.0. The highest BCUT2D eigenvalue weighted by Gasteiger charge is 2.28. The number of aryl methyl sites for hydroxylation is 1. The largest absolute Gasteiger partial charge is 0.377 e. The van der Waals surface area contributed by atoms with E-state index in [2.05, 4.69) is 17.1 Å². The number of hydrogen-bond donors (Lipinski definition) is 1. The van der Waals surface area contributed by atoms with Crippen molar-refractivity contribution in [3.63, 3.8) is 0 Å². The Labute approximate surface area is 132 Å². The van der Waals surface area contributed by atoms with E-state index >= 15 is 0 Å². The molecule has 0 aliphatic carbocycles. The van der Waals surface area contributed by atoms with Crippen LogP contribution in [0.2, 0.25) is 0 Å². The number of piperidine rings is 1. The second-order valence-corrected chi connectivity index (χ2v) is 6.01. The summed E-state index contributed by atoms with van der Waals surface area (Å²) in [4.78, 5) is 11.7. The first-order valence-corrected chi connectivity index (χ1v) is 8.30. The summed E-state index contributed by atoms with van der Waals surface area (Å²) in [5.74, 6) is 1.74. The third-order valence-electron chi connectivity index (χ3n) is 4.43. The van der Waals surface area contributed by atoms with E-state index < -0.39 is 0 Å². The summed E-state index contributed by atoms with van der Waals surface area (Å²) in [5, 5.41) is 3.47. The first-order valence-electron chi connectivity index (χ1n) is 8.30. The first kappa shape index (κ1) is 15.5. The zero-order chi connectivity index (χ0) is 15.4. The third-order valence-corrected chi connectivity index (χ3v) is 4.43. The van der Waals surface area contributed by atoms with Gasteiger partial charge in [0.25, 0.3) is 0 Å². The average molecular weight is 306 g/mol. The SMILES string of the molecule is CCc1cc(N[C@H]2COC[C@@H]2OC)nc(N2CCCCC2)n1. The number of ether oxygens (including phenoxy) is 2. The van der Waals surface area contributed by atoms with Crippen LogP contribution in [0.4, 0.5) is 11.8 Å². The van der Waals surface area contributed by atoms with Crippen LogP contribution in [0.5, 0.6) is 0 Å². The minimum atomic E-state index is 0.0819. The van der Waals surface area contributed by atoms with E-state index in [-0.39, 0.29) is 12.1 Å². The second kappa shape index (κ2) is 7.24. The van der Waals surface area contributed by atoms with Gasteiger partial charge in [0.1, 0.15) is 11.9 Å². The topological polar surface area (TPSA) is 59.5 Å². The van der Waals surface area contributed by atoms with E-state index in [1.54, 1.807) is 7.11 Å². The molecule has 2 saturated heterocycles. The molecule has 6 heteroatoms. The highest BCUT2D eigenvalue weighted by molar-refractivity contribution is 5.45. The molecule has 0 aromatic carbocycles. The average Bonchev–Trinajstić information content (AvgIpc) is 3.02. The Balaban J connectivity index is 1.77. The molecule has 2 aliphatic rings. The van der Waals surface area contributed by atoms with Gasteiger partial charge in [-0.1, -0.05) is 6.92 Å². The van der Waals surface area contributed by atoms with Gasteiger partial charge in [-0.2, -0.15) is 4.98 Å². The van der Waals surface area contributed by atoms with E-state index in [9.17, 15) is 0 Å². The molecule has 6 nitrogen and oxygen atoms in total. The Bertz CT molecular complexity index is 491. The Morgan fingerprint density at radius 1 is 1.27 bits per heavy atom. The van der Waals surface area contributed by atoms with Crippen molar-refractivity contribution in [1.82, 2.24) is 9.97 Å². The molecule has 1 aromatic rings. The standard InChI is InChI=1S/C16H26N4O2/c1-3-12-9-15(18-13-10-22-11-14(13)21-2)19-16(17-12)20-7-5-4-6-8-20/h9,13-14H,3-8,10-11H2,1-2H3,(H,17,18,19)/t13-,14-/m0/s1. The van der Waals surface area contributed by atoms with Crippen LogP contribution in [0, 0.1) is 0 Å². The molecule has 2 atom stereocenters. The summed E-state index contributed by atoms with van der Waals surface area (Å²) in [7, 11) is 1.73. The molecule has 3 heterocycles. The van der Waals surface area contributed by atoms with Crippen molar-refractivity contribution in [3.8, 4) is 0 Å². The third kappa shape index (κ3) is 3.50. The van der Waals surface area contributed by atoms with Crippen molar-refractivity contribution in [2.45, 2.75) is 44.8 Å². The molecule has 122 valence electrons. The Morgan fingerprint density at radius 2 is 2.09 bits per heavy atom. The highest BCUT2D eigenvalue weighted by Crippen LogP contribution is 2.21. The van der Waals surface area contributed by atoms with Crippen LogP contribution < -0.4 is 10.2 Å². The lowest BCUT2D eigenvalue weighted by atomic mass is 10.1. The van der Waals surface area contributed by atoms with Crippen molar-refractivity contribution >= 4 is 11.8 Å². The fraction of sp³-hybridized carbons (Fsp3) is 0.750. The quantitative estimate of drug-likeness (QED) is 0.896. The van der Waals surface area contributed by atoms with Gasteiger partial charge in [-0.15, -0.1) is 0 Å². The number of methoxy groups -OCH3 is 1. The van der Waals surface area contributed by atoms with Gasteiger partial charge in [-0.3, -0.25) is 0 Å². The molecule has 2 aliphatic heterocycles. The molecule has 0 amide bonds. The number of hydrogen-bond acceptors (Lipinski definition) is 6. The van der Waals surface area contributed by atoms with E-state index in [0.717, 1.165) is 37.0 Å². The van der Waals surface area contributed by atoms with Crippen molar-refractivity contribution in [2.75, 3.05) is 43.6 Å². The first-order chi connectivity index (χ1) is 10.8. The maximum atomic E-state index is 5.49. The lowest BCUT2D eigenvalue weighted by Crippen LogP contribution is -2.35. The normalized spacial score (nSPS) is 25.5. The van der Waals surface area contributed by atoms with Crippen LogP contribution in [0.15, 0.2) is 6.07 Å². The maximum Gasteiger partial charge on any atom is 0.227 e. The molecule has 22 heavy (non-hydrogen) atoms. The van der Waals surface area contributed by atoms with Crippen LogP contribution in [0.25, 0.3) is 0 Å². The van der Waals surface area contributed by atoms with Crippen LogP contribution in [0.3, 0.4) is 0 Å². The van der Waals surface area contributed by atoms with E-state index in [1.165, 1.54) is 19.3 Å². The molecule has 0 unspecified atom stereocenters. The molecule has 3 rings (SSSR count). The van der Waals surface area contributed by atoms with Crippen molar-refractivity contribution in [2.24, 2.45) is 0 Å². The number of anilines is 2. The number of aromatic nitrogens is 2. The minimum Gasteiger partial charge on any atom is -0.377 e. The van der Waals surface area contributed by atoms with Gasteiger partial charge in [-0.25, -0.2) is 4.98 Å². The zero-order valence-electron chi connectivity index (χ0n) is 13.5. The molecule has 2 fully saturated rings. The molecule has 0 bridgehead atoms. The summed E-state index contributed by atoms with van der Waals surface area (Å²) in [6.07, 6.45) is 4.75. The molecule has 1 N–H and O–H groups in total. The van der Waals surface area contributed by atoms with Crippen LogP contribution in [-0.2, 0) is 15.9 Å². The van der Waals surface area contributed by atoms with Gasteiger partial charge in [0.15, 0.2) is 0 Å². The summed E-state index contributed by atoms with van der Waals surface area (Å²) in [6, 6.07) is 2.19. The van der Waals surface area contributed by atoms with Crippen LogP contribution in [0.1, 0.15) is 31.9 Å². The fourth-order valence-electron chi connectivity index (χ4n) is 3.07. The summed E-state index contributed by atoms with van der Waals surface area (Å²) >= 11 is 0. The molecule has 0 radical (unpaired) electrons. The fourth-order valence-corrected chi connectivity index (χ4v) is 3.07. The Hall–Kier alpha value is -1.40. The lowest BCUT2D eigenvalue weighted by molar-refractivity contribution is 0.0795. The minimum absolute atomic E-state index is 0.0819. The second-order valence-electron chi connectivity index (χ2n) is 6.01. The molecular weight excluding hydrogens is 280 g/mol. The molecule has 1 aromatic heterocycles. The predicted molar refractivity (Wildman–Crippen MR) is 86.5 cm³/mol. The molecule has 0 saturated carbocycles. The van der Waals surface area contributed by atoms with Crippen molar-refractivity contribution < 1.29 is 9.47 Å². The number of rotatable bonds is 5. The maximum absolute atomic E-state index is 5.49. The monoisotopic (exact) mass is 306 g/mol. The van der Waals surface area contributed by atoms with Crippen LogP contribution in [-0.4, -0.2) is 55.5 Å². The summed E-state index contributed by atoms with van der Waals surface area (Å²) in [5.41, 5.74) is 1.07. The Morgan fingerprint density at radius 3 is 2.82 bits per heavy atom. The van der Waals surface area contributed by atoms with Gasteiger partial charge in [0, 0.05) is 32.0 Å². The van der Waals surface area contributed by atoms with E-state index in [1.807, 2.05) is 6.07 Å². The lowest BCUT2D eigenvalue weighted by Gasteiger charge is -2.27. The van der Waals surface area contributed by atoms with Crippen molar-refractivity contribution in [3.05, 3.63) is 11.8 Å². The van der Waals surface area contributed by atoms with E-state index in [0.29, 0.717) is 13.2 Å². The zero-order valence-corrected chi connectivity index (χ0v) is 13.5. The van der Waals surface area contributed by atoms with Gasteiger partial charge in [0.2, 0.25) is 5.95 Å². The van der Waals surface area contributed by atoms with Gasteiger partial charge >= 0.3 is 0 Å². The van der Waals surface area contributed by atoms with E-state index in [4.69, 9.17) is 19.4 Å². The van der Waals surface area contributed by atoms with Gasteiger partial charge in [-0.05, 0) is 25.7 Å². The Kier molecular flexibility index (Phi) is 5.10. The predicted octanol–water partition coefficient (Wildman–Crippen LogP) is 1.85. The molecule has 0 spiro atoms. The van der Waals surface area contributed by atoms with Crippen molar-refractivity contribution in [1.29, 1.82) is 0 Å².